The Morgan fingerprint density at radius 1 is 1.08 bits per heavy atom. The summed E-state index contributed by atoms with van der Waals surface area (Å²) in [4.78, 5) is 46.3. The Balaban J connectivity index is 0.000000286. The van der Waals surface area contributed by atoms with Gasteiger partial charge in [0.1, 0.15) is 16.9 Å². The van der Waals surface area contributed by atoms with Crippen LogP contribution in [0.1, 0.15) is 30.4 Å². The molecule has 1 atom stereocenters. The fourth-order valence-corrected chi connectivity index (χ4v) is 5.57. The number of sulfonamides is 1. The molecule has 2 N–H and O–H groups in total. The number of hydrogen-bond acceptors (Lipinski definition) is 12. The maximum atomic E-state index is 14.2. The average Bonchev–Trinajstić information content (AvgIpc) is 3.38. The summed E-state index contributed by atoms with van der Waals surface area (Å²) in [6.07, 6.45) is -4.26. The molecule has 0 aliphatic heterocycles. The Morgan fingerprint density at radius 3 is 2.23 bits per heavy atom. The van der Waals surface area contributed by atoms with Gasteiger partial charge < -0.3 is 14.2 Å². The van der Waals surface area contributed by atoms with Crippen molar-refractivity contribution in [3.63, 3.8) is 0 Å². The Labute approximate surface area is 305 Å². The first kappa shape index (κ1) is 42.3. The molecule has 0 saturated heterocycles. The van der Waals surface area contributed by atoms with E-state index in [1.54, 1.807) is 6.92 Å². The summed E-state index contributed by atoms with van der Waals surface area (Å²) in [7, 11) is -2.39. The van der Waals surface area contributed by atoms with Gasteiger partial charge in [-0.3, -0.25) is 10.1 Å². The molecule has 2 amide bonds. The van der Waals surface area contributed by atoms with Crippen LogP contribution in [0.5, 0.6) is 11.8 Å². The Kier molecular flexibility index (Phi) is 14.0. The smallest absolute Gasteiger partial charge is 0.419 e. The van der Waals surface area contributed by atoms with Crippen molar-refractivity contribution in [3.05, 3.63) is 74.8 Å². The van der Waals surface area contributed by atoms with Crippen LogP contribution in [-0.4, -0.2) is 75.9 Å². The summed E-state index contributed by atoms with van der Waals surface area (Å²) in [5, 5.41) is 3.12. The number of aromatic nitrogens is 6. The predicted molar refractivity (Wildman–Crippen MR) is 172 cm³/mol. The highest BCUT2D eigenvalue weighted by Crippen LogP contribution is 2.33. The fraction of sp³-hybridized carbons (Fsp3) is 0.321. The molecule has 3 heterocycles. The first-order valence-corrected chi connectivity index (χ1v) is 16.6. The quantitative estimate of drug-likeness (QED) is 0.121. The van der Waals surface area contributed by atoms with Crippen molar-refractivity contribution in [2.75, 3.05) is 26.1 Å². The first-order chi connectivity index (χ1) is 24.7. The number of amides is 2. The molecule has 3 aromatic heterocycles. The fourth-order valence-electron chi connectivity index (χ4n) is 4.05. The van der Waals surface area contributed by atoms with E-state index >= 15 is 0 Å². The second-order valence-electron chi connectivity index (χ2n) is 9.90. The SMILES string of the molecule is CCOC(=O)C(Cl)Cc1cc(-n2nc(C)n(C(F)F)c2=O)c(F)cc1Cl.COc1cc(OC)nc(NC(=O)NS(=O)(=O)c2ncccc2C(F)(F)F)n1. The summed E-state index contributed by atoms with van der Waals surface area (Å²) < 4.78 is 120. The van der Waals surface area contributed by atoms with Crippen LogP contribution in [0.25, 0.3) is 5.69 Å². The van der Waals surface area contributed by atoms with Crippen LogP contribution in [0.3, 0.4) is 0 Å². The molecule has 0 fully saturated rings. The summed E-state index contributed by atoms with van der Waals surface area (Å²) in [6, 6.07) is 3.33. The van der Waals surface area contributed by atoms with Gasteiger partial charge in [-0.1, -0.05) is 11.6 Å². The van der Waals surface area contributed by atoms with Crippen molar-refractivity contribution >= 4 is 51.2 Å². The zero-order chi connectivity index (χ0) is 39.8. The minimum atomic E-state index is -4.99. The van der Waals surface area contributed by atoms with Gasteiger partial charge in [-0.15, -0.1) is 16.7 Å². The normalized spacial score (nSPS) is 12.0. The molecule has 0 bridgehead atoms. The lowest BCUT2D eigenvalue weighted by Gasteiger charge is -2.13. The number of nitrogens with one attached hydrogen (secondary N) is 2. The number of pyridine rings is 1. The van der Waals surface area contributed by atoms with E-state index in [0.717, 1.165) is 24.4 Å². The van der Waals surface area contributed by atoms with Crippen LogP contribution in [0.15, 0.2) is 46.3 Å². The summed E-state index contributed by atoms with van der Waals surface area (Å²) in [6.45, 7) is -0.195. The number of ether oxygens (including phenoxy) is 3. The lowest BCUT2D eigenvalue weighted by atomic mass is 10.1. The molecule has 4 aromatic rings. The zero-order valence-electron chi connectivity index (χ0n) is 27.4. The number of halogens is 8. The third-order valence-electron chi connectivity index (χ3n) is 6.34. The molecule has 16 nitrogen and oxygen atoms in total. The molecule has 0 aliphatic carbocycles. The van der Waals surface area contributed by atoms with Gasteiger partial charge >= 0.3 is 30.4 Å². The number of methoxy groups -OCH3 is 2. The van der Waals surface area contributed by atoms with Gasteiger partial charge in [0, 0.05) is 17.6 Å². The van der Waals surface area contributed by atoms with Gasteiger partial charge in [-0.2, -0.15) is 45.0 Å². The minimum absolute atomic E-state index is 0.0101. The number of carbonyl (C=O) groups excluding carboxylic acids is 2. The second-order valence-corrected chi connectivity index (χ2v) is 12.4. The molecule has 0 spiro atoms. The molecular weight excluding hydrogens is 793 g/mol. The number of rotatable bonds is 11. The molecule has 0 radical (unpaired) electrons. The highest BCUT2D eigenvalue weighted by atomic mass is 35.5. The molecule has 0 saturated carbocycles. The number of benzene rings is 1. The number of anilines is 1. The molecule has 288 valence electrons. The first-order valence-electron chi connectivity index (χ1n) is 14.3. The van der Waals surface area contributed by atoms with E-state index in [2.05, 4.69) is 20.1 Å². The molecule has 25 heteroatoms. The van der Waals surface area contributed by atoms with E-state index in [1.807, 2.05) is 5.32 Å². The molecular formula is C28H26Cl2F6N8O8S. The summed E-state index contributed by atoms with van der Waals surface area (Å²) >= 11 is 11.9. The van der Waals surface area contributed by atoms with Crippen LogP contribution in [0.4, 0.5) is 37.1 Å². The van der Waals surface area contributed by atoms with E-state index in [-0.39, 0.29) is 51.5 Å². The van der Waals surface area contributed by atoms with Crippen LogP contribution in [-0.2, 0) is 32.2 Å². The highest BCUT2D eigenvalue weighted by Gasteiger charge is 2.38. The number of urea groups is 1. The largest absolute Gasteiger partial charge is 0.481 e. The topological polar surface area (TPSA) is 199 Å². The number of esters is 1. The molecule has 0 aliphatic rings. The summed E-state index contributed by atoms with van der Waals surface area (Å²) in [5.74, 6) is -2.35. The second kappa shape index (κ2) is 17.6. The van der Waals surface area contributed by atoms with Crippen LogP contribution < -0.4 is 25.2 Å². The molecule has 1 aromatic carbocycles. The van der Waals surface area contributed by atoms with Crippen molar-refractivity contribution in [1.29, 1.82) is 0 Å². The number of nitrogens with zero attached hydrogens (tertiary/aromatic N) is 6. The van der Waals surface area contributed by atoms with Gasteiger partial charge in [0.2, 0.25) is 17.7 Å². The van der Waals surface area contributed by atoms with E-state index in [0.29, 0.717) is 10.7 Å². The monoisotopic (exact) mass is 818 g/mol. The summed E-state index contributed by atoms with van der Waals surface area (Å²) in [5.41, 5.74) is -2.89. The molecule has 4 rings (SSSR count). The van der Waals surface area contributed by atoms with E-state index in [4.69, 9.17) is 37.4 Å². The van der Waals surface area contributed by atoms with Crippen molar-refractivity contribution in [2.24, 2.45) is 0 Å². The van der Waals surface area contributed by atoms with Gasteiger partial charge in [0.15, 0.2) is 10.8 Å². The number of hydrogen-bond donors (Lipinski definition) is 2. The number of aryl methyl sites for hydroxylation is 1. The zero-order valence-corrected chi connectivity index (χ0v) is 29.7. The maximum absolute atomic E-state index is 14.2. The lowest BCUT2D eigenvalue weighted by Crippen LogP contribution is -2.36. The Hall–Kier alpha value is -5.16. The van der Waals surface area contributed by atoms with E-state index in [9.17, 15) is 49.1 Å². The van der Waals surface area contributed by atoms with Crippen molar-refractivity contribution < 1.29 is 58.6 Å². The Morgan fingerprint density at radius 2 is 1.70 bits per heavy atom. The third-order valence-corrected chi connectivity index (χ3v) is 8.32. The van der Waals surface area contributed by atoms with Crippen LogP contribution in [0, 0.1) is 12.7 Å². The van der Waals surface area contributed by atoms with Crippen LogP contribution in [0.2, 0.25) is 5.02 Å². The van der Waals surface area contributed by atoms with Gasteiger partial charge in [-0.05, 0) is 43.7 Å². The lowest BCUT2D eigenvalue weighted by molar-refractivity contribution is -0.142. The number of carbonyl (C=O) groups is 2. The van der Waals surface area contributed by atoms with Crippen molar-refractivity contribution in [2.45, 2.75) is 43.4 Å². The van der Waals surface area contributed by atoms with E-state index < -0.39 is 68.2 Å². The maximum Gasteiger partial charge on any atom is 0.419 e. The Bertz CT molecular complexity index is 2110. The molecule has 53 heavy (non-hydrogen) atoms. The predicted octanol–water partition coefficient (Wildman–Crippen LogP) is 4.66. The van der Waals surface area contributed by atoms with Crippen molar-refractivity contribution in [3.8, 4) is 17.4 Å². The van der Waals surface area contributed by atoms with Crippen molar-refractivity contribution in [1.82, 2.24) is 34.0 Å². The highest BCUT2D eigenvalue weighted by molar-refractivity contribution is 7.90. The van der Waals surface area contributed by atoms with Gasteiger partial charge in [-0.25, -0.2) is 28.3 Å². The molecule has 1 unspecified atom stereocenters. The van der Waals surface area contributed by atoms with Gasteiger partial charge in [0.25, 0.3) is 10.0 Å². The van der Waals surface area contributed by atoms with Gasteiger partial charge in [0.05, 0.1) is 32.5 Å². The number of alkyl halides is 6. The average molecular weight is 820 g/mol. The van der Waals surface area contributed by atoms with E-state index in [1.165, 1.54) is 31.9 Å². The third kappa shape index (κ3) is 10.7. The standard InChI is InChI=1S/C15H14Cl2F3N3O3.C13H12F3N5O5S/c1-3-26-13(24)10(17)4-8-5-12(11(18)6-9(8)16)23-15(25)22(14(19)20)7(2)21-23;1-25-8-6-9(26-2)19-11(18-8)20-12(22)21-27(23,24)10-7(13(14,15)16)4-3-5-17-10/h5-6,10,14H,3-4H2,1-2H3;3-6H,1-2H3,(H2,18,19,20,21,22). The van der Waals surface area contributed by atoms with Crippen LogP contribution >= 0.6 is 23.2 Å². The minimum Gasteiger partial charge on any atom is -0.481 e.